The van der Waals surface area contributed by atoms with Gasteiger partial charge in [-0.3, -0.25) is 20.2 Å². The van der Waals surface area contributed by atoms with Crippen LogP contribution in [0.2, 0.25) is 0 Å². The predicted octanol–water partition coefficient (Wildman–Crippen LogP) is 2.85. The Bertz CT molecular complexity index is 778. The van der Waals surface area contributed by atoms with E-state index in [0.717, 1.165) is 5.56 Å². The number of ether oxygens (including phenoxy) is 2. The molecule has 0 fully saturated rings. The van der Waals surface area contributed by atoms with Crippen LogP contribution >= 0.6 is 0 Å². The number of nitro groups is 2. The zero-order valence-electron chi connectivity index (χ0n) is 12.8. The first-order chi connectivity index (χ1) is 11.4. The van der Waals surface area contributed by atoms with Gasteiger partial charge < -0.3 is 15.2 Å². The van der Waals surface area contributed by atoms with Crippen LogP contribution in [0.4, 0.5) is 17.1 Å². The van der Waals surface area contributed by atoms with Gasteiger partial charge in [0.1, 0.15) is 13.2 Å². The van der Waals surface area contributed by atoms with E-state index in [1.165, 1.54) is 24.3 Å². The second-order valence-electron chi connectivity index (χ2n) is 4.91. The second-order valence-corrected chi connectivity index (χ2v) is 4.91. The van der Waals surface area contributed by atoms with Gasteiger partial charge >= 0.3 is 11.4 Å². The number of aryl methyl sites for hydroxylation is 1. The van der Waals surface area contributed by atoms with Crippen molar-refractivity contribution >= 4 is 17.1 Å². The van der Waals surface area contributed by atoms with Crippen LogP contribution in [0.25, 0.3) is 0 Å². The number of anilines is 1. The molecule has 2 aromatic carbocycles. The summed E-state index contributed by atoms with van der Waals surface area (Å²) in [5.41, 5.74) is 6.16. The molecule has 0 aliphatic carbocycles. The lowest BCUT2D eigenvalue weighted by atomic mass is 10.2. The van der Waals surface area contributed by atoms with E-state index in [9.17, 15) is 20.2 Å². The molecular weight excluding hydrogens is 318 g/mol. The van der Waals surface area contributed by atoms with Gasteiger partial charge in [-0.25, -0.2) is 0 Å². The first-order valence-corrected chi connectivity index (χ1v) is 6.93. The topological polar surface area (TPSA) is 131 Å². The lowest BCUT2D eigenvalue weighted by molar-refractivity contribution is -0.386. The maximum absolute atomic E-state index is 10.9. The van der Waals surface area contributed by atoms with E-state index in [4.69, 9.17) is 15.2 Å². The van der Waals surface area contributed by atoms with Crippen molar-refractivity contribution in [1.29, 1.82) is 0 Å². The Hall–Kier alpha value is -3.36. The van der Waals surface area contributed by atoms with Crippen molar-refractivity contribution in [1.82, 2.24) is 0 Å². The largest absolute Gasteiger partial charge is 0.483 e. The molecule has 2 rings (SSSR count). The Labute approximate surface area is 136 Å². The minimum absolute atomic E-state index is 0.00811. The molecule has 0 aliphatic heterocycles. The van der Waals surface area contributed by atoms with Gasteiger partial charge in [0.2, 0.25) is 0 Å². The normalized spacial score (nSPS) is 10.2. The van der Waals surface area contributed by atoms with Gasteiger partial charge in [0, 0.05) is 17.8 Å². The number of hydrogen-bond donors (Lipinski definition) is 1. The van der Waals surface area contributed by atoms with E-state index in [2.05, 4.69) is 0 Å². The first kappa shape index (κ1) is 17.0. The quantitative estimate of drug-likeness (QED) is 0.356. The van der Waals surface area contributed by atoms with Crippen LogP contribution in [0.5, 0.6) is 11.5 Å². The Morgan fingerprint density at radius 3 is 2.17 bits per heavy atom. The van der Waals surface area contributed by atoms with E-state index in [1.54, 1.807) is 19.1 Å². The Morgan fingerprint density at radius 1 is 0.917 bits per heavy atom. The standard InChI is InChI=1S/C15H15N3O6/c1-10-2-4-12(17(19)20)15(8-10)24-7-6-23-14-5-3-11(16)9-13(14)18(21)22/h2-5,8-9H,6-7,16H2,1H3. The highest BCUT2D eigenvalue weighted by molar-refractivity contribution is 5.56. The van der Waals surface area contributed by atoms with Crippen molar-refractivity contribution in [3.63, 3.8) is 0 Å². The summed E-state index contributed by atoms with van der Waals surface area (Å²) in [7, 11) is 0. The summed E-state index contributed by atoms with van der Waals surface area (Å²) in [6.07, 6.45) is 0. The van der Waals surface area contributed by atoms with E-state index < -0.39 is 9.85 Å². The van der Waals surface area contributed by atoms with Crippen LogP contribution in [0.1, 0.15) is 5.56 Å². The molecule has 0 saturated carbocycles. The van der Waals surface area contributed by atoms with Crippen LogP contribution < -0.4 is 15.2 Å². The van der Waals surface area contributed by atoms with E-state index in [-0.39, 0.29) is 41.8 Å². The zero-order chi connectivity index (χ0) is 17.7. The van der Waals surface area contributed by atoms with Gasteiger partial charge in [-0.1, -0.05) is 6.07 Å². The second kappa shape index (κ2) is 7.27. The van der Waals surface area contributed by atoms with Crippen molar-refractivity contribution in [2.45, 2.75) is 6.92 Å². The predicted molar refractivity (Wildman–Crippen MR) is 86.3 cm³/mol. The van der Waals surface area contributed by atoms with Gasteiger partial charge in [0.15, 0.2) is 11.5 Å². The lowest BCUT2D eigenvalue weighted by Crippen LogP contribution is -2.11. The molecule has 0 bridgehead atoms. The summed E-state index contributed by atoms with van der Waals surface area (Å²) in [5.74, 6) is 0.173. The molecular formula is C15H15N3O6. The van der Waals surface area contributed by atoms with E-state index in [0.29, 0.717) is 0 Å². The number of nitrogen functional groups attached to an aromatic ring is 1. The fraction of sp³-hybridized carbons (Fsp3) is 0.200. The molecule has 0 aliphatic rings. The maximum Gasteiger partial charge on any atom is 0.312 e. The van der Waals surface area contributed by atoms with Gasteiger partial charge in [-0.2, -0.15) is 0 Å². The Morgan fingerprint density at radius 2 is 1.54 bits per heavy atom. The van der Waals surface area contributed by atoms with Crippen LogP contribution in [0, 0.1) is 27.2 Å². The number of benzene rings is 2. The minimum Gasteiger partial charge on any atom is -0.483 e. The maximum atomic E-state index is 10.9. The number of hydrogen-bond acceptors (Lipinski definition) is 7. The zero-order valence-corrected chi connectivity index (χ0v) is 12.8. The van der Waals surface area contributed by atoms with Crippen molar-refractivity contribution in [3.8, 4) is 11.5 Å². The lowest BCUT2D eigenvalue weighted by Gasteiger charge is -2.09. The van der Waals surface area contributed by atoms with Crippen molar-refractivity contribution in [3.05, 3.63) is 62.2 Å². The average molecular weight is 333 g/mol. The summed E-state index contributed by atoms with van der Waals surface area (Å²) < 4.78 is 10.7. The minimum atomic E-state index is -0.599. The number of rotatable bonds is 7. The highest BCUT2D eigenvalue weighted by atomic mass is 16.6. The summed E-state index contributed by atoms with van der Waals surface area (Å²) in [6.45, 7) is 1.76. The summed E-state index contributed by atoms with van der Waals surface area (Å²) in [5, 5.41) is 21.9. The molecule has 0 radical (unpaired) electrons. The van der Waals surface area contributed by atoms with Crippen LogP contribution in [0.15, 0.2) is 36.4 Å². The van der Waals surface area contributed by atoms with Crippen molar-refractivity contribution in [2.75, 3.05) is 18.9 Å². The van der Waals surface area contributed by atoms with Gasteiger partial charge in [0.25, 0.3) is 0 Å². The molecule has 0 atom stereocenters. The molecule has 24 heavy (non-hydrogen) atoms. The molecule has 0 heterocycles. The summed E-state index contributed by atoms with van der Waals surface area (Å²) in [4.78, 5) is 20.8. The van der Waals surface area contributed by atoms with Crippen LogP contribution in [-0.4, -0.2) is 23.1 Å². The van der Waals surface area contributed by atoms with E-state index >= 15 is 0 Å². The highest BCUT2D eigenvalue weighted by Crippen LogP contribution is 2.30. The molecule has 0 spiro atoms. The third-order valence-electron chi connectivity index (χ3n) is 3.09. The van der Waals surface area contributed by atoms with Crippen molar-refractivity contribution < 1.29 is 19.3 Å². The molecule has 9 heteroatoms. The number of nitrogens with two attached hydrogens (primary N) is 1. The molecule has 0 unspecified atom stereocenters. The SMILES string of the molecule is Cc1ccc([N+](=O)[O-])c(OCCOc2ccc(N)cc2[N+](=O)[O-])c1. The summed E-state index contributed by atoms with van der Waals surface area (Å²) in [6, 6.07) is 8.58. The van der Waals surface area contributed by atoms with Gasteiger partial charge in [-0.05, 0) is 30.7 Å². The third kappa shape index (κ3) is 4.09. The monoisotopic (exact) mass is 333 g/mol. The van der Waals surface area contributed by atoms with E-state index in [1.807, 2.05) is 0 Å². The Balaban J connectivity index is 2.00. The molecule has 0 aromatic heterocycles. The smallest absolute Gasteiger partial charge is 0.312 e. The third-order valence-corrected chi connectivity index (χ3v) is 3.09. The Kier molecular flexibility index (Phi) is 5.15. The molecule has 0 amide bonds. The molecule has 126 valence electrons. The van der Waals surface area contributed by atoms with Crippen LogP contribution in [0.3, 0.4) is 0 Å². The average Bonchev–Trinajstić information content (AvgIpc) is 2.52. The van der Waals surface area contributed by atoms with Crippen molar-refractivity contribution in [2.24, 2.45) is 0 Å². The summed E-state index contributed by atoms with van der Waals surface area (Å²) >= 11 is 0. The first-order valence-electron chi connectivity index (χ1n) is 6.93. The molecule has 2 aromatic rings. The number of nitrogens with zero attached hydrogens (tertiary/aromatic N) is 2. The van der Waals surface area contributed by atoms with Gasteiger partial charge in [-0.15, -0.1) is 0 Å². The number of nitro benzene ring substituents is 2. The fourth-order valence-corrected chi connectivity index (χ4v) is 1.99. The van der Waals surface area contributed by atoms with Crippen LogP contribution in [-0.2, 0) is 0 Å². The van der Waals surface area contributed by atoms with Gasteiger partial charge in [0.05, 0.1) is 9.85 Å². The molecule has 2 N–H and O–H groups in total. The fourth-order valence-electron chi connectivity index (χ4n) is 1.99. The molecule has 9 nitrogen and oxygen atoms in total. The highest BCUT2D eigenvalue weighted by Gasteiger charge is 2.17. The molecule has 0 saturated heterocycles.